The number of hydrogen-bond acceptors (Lipinski definition) is 0. The molecule has 0 spiro atoms. The second-order valence-electron chi connectivity index (χ2n) is 2.90. The van der Waals surface area contributed by atoms with Crippen molar-refractivity contribution in [3.05, 3.63) is 23.8 Å². The van der Waals surface area contributed by atoms with Crippen LogP contribution in [0.1, 0.15) is 26.7 Å². The van der Waals surface area contributed by atoms with Gasteiger partial charge in [-0.25, -0.2) is 0 Å². The second kappa shape index (κ2) is 4.03. The fraction of sp³-hybridized carbons (Fsp3) is 0.455. The van der Waals surface area contributed by atoms with Gasteiger partial charge in [0.1, 0.15) is 0 Å². The minimum absolute atomic E-state index is 0.637. The van der Waals surface area contributed by atoms with Crippen LogP contribution in [0, 0.1) is 17.8 Å². The molecule has 0 radical (unpaired) electrons. The van der Waals surface area contributed by atoms with E-state index in [0.717, 1.165) is 0 Å². The summed E-state index contributed by atoms with van der Waals surface area (Å²) in [5.74, 6) is 6.71. The van der Waals surface area contributed by atoms with Crippen molar-refractivity contribution < 1.29 is 0 Å². The van der Waals surface area contributed by atoms with Gasteiger partial charge >= 0.3 is 0 Å². The Labute approximate surface area is 69.0 Å². The monoisotopic (exact) mass is 146 g/mol. The largest absolute Gasteiger partial charge is 0.102 e. The maximum absolute atomic E-state index is 3.13. The SMILES string of the molecule is CC#CC1=CC=CCCC1C. The van der Waals surface area contributed by atoms with Crippen molar-refractivity contribution in [2.45, 2.75) is 26.7 Å². The molecule has 1 atom stereocenters. The summed E-state index contributed by atoms with van der Waals surface area (Å²) >= 11 is 0. The third-order valence-electron chi connectivity index (χ3n) is 1.98. The average molecular weight is 146 g/mol. The lowest BCUT2D eigenvalue weighted by molar-refractivity contribution is 0.643. The minimum atomic E-state index is 0.637. The molecule has 0 fully saturated rings. The molecular weight excluding hydrogens is 132 g/mol. The molecule has 11 heavy (non-hydrogen) atoms. The summed E-state index contributed by atoms with van der Waals surface area (Å²) < 4.78 is 0. The second-order valence-corrected chi connectivity index (χ2v) is 2.90. The minimum Gasteiger partial charge on any atom is -0.102 e. The predicted octanol–water partition coefficient (Wildman–Crippen LogP) is 2.92. The highest BCUT2D eigenvalue weighted by molar-refractivity contribution is 5.34. The molecule has 0 heterocycles. The highest BCUT2D eigenvalue weighted by Crippen LogP contribution is 2.18. The molecule has 0 aromatic rings. The predicted molar refractivity (Wildman–Crippen MR) is 49.1 cm³/mol. The Bertz CT molecular complexity index is 232. The van der Waals surface area contributed by atoms with Gasteiger partial charge in [0.25, 0.3) is 0 Å². The summed E-state index contributed by atoms with van der Waals surface area (Å²) in [6.07, 6.45) is 8.88. The van der Waals surface area contributed by atoms with E-state index in [0.29, 0.717) is 5.92 Å². The zero-order valence-corrected chi connectivity index (χ0v) is 7.22. The van der Waals surface area contributed by atoms with E-state index in [-0.39, 0.29) is 0 Å². The summed E-state index contributed by atoms with van der Waals surface area (Å²) in [5.41, 5.74) is 1.28. The first-order valence-corrected chi connectivity index (χ1v) is 4.14. The van der Waals surface area contributed by atoms with Gasteiger partial charge in [0.2, 0.25) is 0 Å². The van der Waals surface area contributed by atoms with Crippen LogP contribution in [-0.2, 0) is 0 Å². The Hall–Kier alpha value is -0.960. The van der Waals surface area contributed by atoms with Crippen molar-refractivity contribution in [1.29, 1.82) is 0 Å². The average Bonchev–Trinajstić information content (AvgIpc) is 2.18. The van der Waals surface area contributed by atoms with Gasteiger partial charge in [-0.1, -0.05) is 31.1 Å². The van der Waals surface area contributed by atoms with Gasteiger partial charge in [-0.3, -0.25) is 0 Å². The van der Waals surface area contributed by atoms with Crippen LogP contribution in [0.5, 0.6) is 0 Å². The van der Waals surface area contributed by atoms with E-state index in [1.807, 2.05) is 6.92 Å². The molecular formula is C11H14. The van der Waals surface area contributed by atoms with E-state index in [9.17, 15) is 0 Å². The van der Waals surface area contributed by atoms with E-state index >= 15 is 0 Å². The van der Waals surface area contributed by atoms with Crippen molar-refractivity contribution in [3.8, 4) is 11.8 Å². The van der Waals surface area contributed by atoms with Crippen molar-refractivity contribution >= 4 is 0 Å². The van der Waals surface area contributed by atoms with Gasteiger partial charge in [0.15, 0.2) is 0 Å². The molecule has 0 nitrogen and oxygen atoms in total. The first-order chi connectivity index (χ1) is 5.34. The van der Waals surface area contributed by atoms with Gasteiger partial charge in [-0.15, -0.1) is 5.92 Å². The fourth-order valence-corrected chi connectivity index (χ4v) is 1.24. The molecule has 1 unspecified atom stereocenters. The first kappa shape index (κ1) is 8.14. The molecule has 0 N–H and O–H groups in total. The van der Waals surface area contributed by atoms with Gasteiger partial charge in [0, 0.05) is 5.57 Å². The normalized spacial score (nSPS) is 23.1. The van der Waals surface area contributed by atoms with Crippen LogP contribution < -0.4 is 0 Å². The summed E-state index contributed by atoms with van der Waals surface area (Å²) in [7, 11) is 0. The van der Waals surface area contributed by atoms with E-state index in [1.54, 1.807) is 0 Å². The van der Waals surface area contributed by atoms with Gasteiger partial charge in [-0.2, -0.15) is 0 Å². The Morgan fingerprint density at radius 3 is 3.09 bits per heavy atom. The van der Waals surface area contributed by atoms with E-state index in [4.69, 9.17) is 0 Å². The smallest absolute Gasteiger partial charge is 0.00483 e. The van der Waals surface area contributed by atoms with E-state index in [1.165, 1.54) is 18.4 Å². The van der Waals surface area contributed by atoms with Gasteiger partial charge in [-0.05, 0) is 25.7 Å². The molecule has 0 heteroatoms. The van der Waals surface area contributed by atoms with E-state index in [2.05, 4.69) is 37.0 Å². The lowest BCUT2D eigenvalue weighted by Gasteiger charge is -2.06. The van der Waals surface area contributed by atoms with Crippen LogP contribution >= 0.6 is 0 Å². The Kier molecular flexibility index (Phi) is 2.98. The Morgan fingerprint density at radius 2 is 2.36 bits per heavy atom. The number of hydrogen-bond donors (Lipinski definition) is 0. The van der Waals surface area contributed by atoms with Crippen LogP contribution in [0.25, 0.3) is 0 Å². The molecule has 0 amide bonds. The standard InChI is InChI=1S/C11H14/c1-3-7-11-9-6-4-5-8-10(11)2/h4,6,9-10H,5,8H2,1-2H3. The highest BCUT2D eigenvalue weighted by atomic mass is 14.1. The maximum atomic E-state index is 3.13. The molecule has 1 aliphatic rings. The number of rotatable bonds is 0. The lowest BCUT2D eigenvalue weighted by atomic mass is 9.98. The Balaban J connectivity index is 2.77. The van der Waals surface area contributed by atoms with E-state index < -0.39 is 0 Å². The summed E-state index contributed by atoms with van der Waals surface area (Å²) in [5, 5.41) is 0. The first-order valence-electron chi connectivity index (χ1n) is 4.14. The quantitative estimate of drug-likeness (QED) is 0.461. The molecule has 1 rings (SSSR count). The van der Waals surface area contributed by atoms with Crippen molar-refractivity contribution in [3.63, 3.8) is 0 Å². The van der Waals surface area contributed by atoms with Crippen LogP contribution in [0.3, 0.4) is 0 Å². The van der Waals surface area contributed by atoms with Gasteiger partial charge < -0.3 is 0 Å². The molecule has 1 aliphatic carbocycles. The molecule has 58 valence electrons. The lowest BCUT2D eigenvalue weighted by Crippen LogP contribution is -1.95. The molecule has 0 aromatic heterocycles. The molecule has 0 saturated carbocycles. The molecule has 0 saturated heterocycles. The topological polar surface area (TPSA) is 0 Å². The van der Waals surface area contributed by atoms with Crippen molar-refractivity contribution in [1.82, 2.24) is 0 Å². The fourth-order valence-electron chi connectivity index (χ4n) is 1.24. The van der Waals surface area contributed by atoms with Crippen LogP contribution in [0.2, 0.25) is 0 Å². The van der Waals surface area contributed by atoms with Crippen LogP contribution in [0.4, 0.5) is 0 Å². The Morgan fingerprint density at radius 1 is 1.55 bits per heavy atom. The highest BCUT2D eigenvalue weighted by Gasteiger charge is 2.06. The zero-order chi connectivity index (χ0) is 8.10. The van der Waals surface area contributed by atoms with Crippen LogP contribution in [0.15, 0.2) is 23.8 Å². The van der Waals surface area contributed by atoms with Crippen molar-refractivity contribution in [2.24, 2.45) is 5.92 Å². The molecule has 0 aliphatic heterocycles. The third-order valence-corrected chi connectivity index (χ3v) is 1.98. The summed E-state index contributed by atoms with van der Waals surface area (Å²) in [6.45, 7) is 4.13. The molecule has 0 bridgehead atoms. The summed E-state index contributed by atoms with van der Waals surface area (Å²) in [4.78, 5) is 0. The van der Waals surface area contributed by atoms with Gasteiger partial charge in [0.05, 0.1) is 0 Å². The van der Waals surface area contributed by atoms with Crippen LogP contribution in [-0.4, -0.2) is 0 Å². The summed E-state index contributed by atoms with van der Waals surface area (Å²) in [6, 6.07) is 0. The number of allylic oxidation sites excluding steroid dienone is 4. The van der Waals surface area contributed by atoms with Crippen molar-refractivity contribution in [2.75, 3.05) is 0 Å². The zero-order valence-electron chi connectivity index (χ0n) is 7.22. The molecule has 0 aromatic carbocycles. The third kappa shape index (κ3) is 2.27. The maximum Gasteiger partial charge on any atom is 0.00483 e.